The van der Waals surface area contributed by atoms with Crippen molar-refractivity contribution in [2.45, 2.75) is 0 Å². The van der Waals surface area contributed by atoms with Gasteiger partial charge < -0.3 is 4.74 Å². The Bertz CT molecular complexity index is 845. The molecule has 0 aromatic carbocycles. The van der Waals surface area contributed by atoms with Gasteiger partial charge in [-0.15, -0.1) is 0 Å². The molecule has 128 valence electrons. The fourth-order valence-electron chi connectivity index (χ4n) is 1.55. The van der Waals surface area contributed by atoms with Gasteiger partial charge in [-0.1, -0.05) is 23.2 Å². The van der Waals surface area contributed by atoms with Crippen LogP contribution in [0.3, 0.4) is 0 Å². The molecule has 0 aliphatic heterocycles. The van der Waals surface area contributed by atoms with Gasteiger partial charge in [-0.2, -0.15) is 0 Å². The molecule has 2 aromatic heterocycles. The van der Waals surface area contributed by atoms with Crippen LogP contribution >= 0.6 is 23.2 Å². The number of pyridine rings is 2. The Kier molecular flexibility index (Phi) is 5.20. The van der Waals surface area contributed by atoms with Crippen LogP contribution in [-0.2, 0) is 4.74 Å². The van der Waals surface area contributed by atoms with Crippen LogP contribution in [0, 0.1) is 20.2 Å². The highest BCUT2D eigenvalue weighted by Crippen LogP contribution is 2.23. The molecule has 0 aliphatic carbocycles. The second kappa shape index (κ2) is 7.15. The molecule has 11 nitrogen and oxygen atoms in total. The number of nitro groups is 2. The first-order valence-corrected chi connectivity index (χ1v) is 6.82. The van der Waals surface area contributed by atoms with Crippen molar-refractivity contribution in [1.82, 2.24) is 9.97 Å². The van der Waals surface area contributed by atoms with Crippen molar-refractivity contribution < 1.29 is 24.2 Å². The highest BCUT2D eigenvalue weighted by Gasteiger charge is 2.24. The highest BCUT2D eigenvalue weighted by atomic mass is 35.5. The predicted octanol–water partition coefficient (Wildman–Crippen LogP) is 2.60. The van der Waals surface area contributed by atoms with Gasteiger partial charge in [-0.25, -0.2) is 19.6 Å². The Morgan fingerprint density at radius 3 is 1.56 bits per heavy atom. The Morgan fingerprint density at radius 2 is 1.24 bits per heavy atom. The third-order valence-corrected chi connectivity index (χ3v) is 3.30. The largest absolute Gasteiger partial charge is 0.386 e. The lowest BCUT2D eigenvalue weighted by molar-refractivity contribution is -0.385. The summed E-state index contributed by atoms with van der Waals surface area (Å²) in [4.78, 5) is 50.5. The quantitative estimate of drug-likeness (QED) is 0.253. The SMILES string of the molecule is O=C(OC(=O)c1cc([N+](=O)[O-])cnc1Cl)c1cc([N+](=O)[O-])cnc1Cl. The van der Waals surface area contributed by atoms with E-state index in [-0.39, 0.29) is 0 Å². The maximum atomic E-state index is 12.0. The summed E-state index contributed by atoms with van der Waals surface area (Å²) in [5.74, 6) is -2.71. The van der Waals surface area contributed by atoms with Crippen LogP contribution in [-0.4, -0.2) is 31.8 Å². The molecular weight excluding hydrogens is 383 g/mol. The minimum atomic E-state index is -1.35. The molecule has 0 radical (unpaired) electrons. The van der Waals surface area contributed by atoms with E-state index >= 15 is 0 Å². The lowest BCUT2D eigenvalue weighted by atomic mass is 10.2. The van der Waals surface area contributed by atoms with Gasteiger partial charge in [0.2, 0.25) is 0 Å². The normalized spacial score (nSPS) is 10.2. The monoisotopic (exact) mass is 386 g/mol. The van der Waals surface area contributed by atoms with E-state index in [9.17, 15) is 29.8 Å². The molecule has 0 aliphatic rings. The summed E-state index contributed by atoms with van der Waals surface area (Å²) in [5, 5.41) is 20.5. The van der Waals surface area contributed by atoms with Crippen molar-refractivity contribution in [3.63, 3.8) is 0 Å². The molecule has 2 aromatic rings. The molecule has 2 rings (SSSR count). The number of carbonyl (C=O) groups excluding carboxylic acids is 2. The number of halogens is 2. The topological polar surface area (TPSA) is 155 Å². The zero-order valence-electron chi connectivity index (χ0n) is 11.7. The van der Waals surface area contributed by atoms with Crippen LogP contribution in [0.4, 0.5) is 11.4 Å². The molecule has 0 spiro atoms. The van der Waals surface area contributed by atoms with Crippen LogP contribution < -0.4 is 0 Å². The van der Waals surface area contributed by atoms with E-state index in [1.807, 2.05) is 0 Å². The minimum absolute atomic E-state index is 0.438. The summed E-state index contributed by atoms with van der Waals surface area (Å²) in [6.45, 7) is 0. The summed E-state index contributed by atoms with van der Waals surface area (Å²) in [6, 6.07) is 1.52. The highest BCUT2D eigenvalue weighted by molar-refractivity contribution is 6.33. The van der Waals surface area contributed by atoms with Gasteiger partial charge in [-0.05, 0) is 0 Å². The van der Waals surface area contributed by atoms with Gasteiger partial charge in [0.05, 0.1) is 9.85 Å². The minimum Gasteiger partial charge on any atom is -0.386 e. The summed E-state index contributed by atoms with van der Waals surface area (Å²) in [5.41, 5.74) is -2.20. The van der Waals surface area contributed by atoms with Crippen LogP contribution in [0.1, 0.15) is 20.7 Å². The first-order valence-electron chi connectivity index (χ1n) is 6.07. The molecule has 0 saturated carbocycles. The number of hydrogen-bond acceptors (Lipinski definition) is 9. The molecule has 0 N–H and O–H groups in total. The molecule has 0 unspecified atom stereocenters. The van der Waals surface area contributed by atoms with Crippen LogP contribution in [0.5, 0.6) is 0 Å². The van der Waals surface area contributed by atoms with Crippen molar-refractivity contribution in [3.8, 4) is 0 Å². The van der Waals surface area contributed by atoms with Crippen molar-refractivity contribution in [3.05, 3.63) is 66.2 Å². The van der Waals surface area contributed by atoms with E-state index in [0.29, 0.717) is 0 Å². The summed E-state index contributed by atoms with van der Waals surface area (Å²) < 4.78 is 4.48. The van der Waals surface area contributed by atoms with E-state index in [1.165, 1.54) is 0 Å². The molecule has 0 bridgehead atoms. The summed E-state index contributed by atoms with van der Waals surface area (Å²) in [6.07, 6.45) is 1.62. The zero-order chi connectivity index (χ0) is 18.7. The predicted molar refractivity (Wildman–Crippen MR) is 81.5 cm³/mol. The van der Waals surface area contributed by atoms with Gasteiger partial charge in [0.25, 0.3) is 11.4 Å². The van der Waals surface area contributed by atoms with Gasteiger partial charge in [0, 0.05) is 12.1 Å². The smallest absolute Gasteiger partial charge is 0.349 e. The van der Waals surface area contributed by atoms with Gasteiger partial charge in [0.1, 0.15) is 33.8 Å². The van der Waals surface area contributed by atoms with Crippen molar-refractivity contribution in [2.24, 2.45) is 0 Å². The molecule has 0 atom stereocenters. The maximum absolute atomic E-state index is 12.0. The second-order valence-corrected chi connectivity index (χ2v) is 4.97. The lowest BCUT2D eigenvalue weighted by Crippen LogP contribution is -2.15. The number of rotatable bonds is 4. The number of nitrogens with zero attached hydrogens (tertiary/aromatic N) is 4. The third kappa shape index (κ3) is 4.02. The fraction of sp³-hybridized carbons (Fsp3) is 0. The first kappa shape index (κ1) is 18.2. The van der Waals surface area contributed by atoms with Gasteiger partial charge in [0.15, 0.2) is 0 Å². The zero-order valence-corrected chi connectivity index (χ0v) is 13.2. The van der Waals surface area contributed by atoms with E-state index in [1.54, 1.807) is 0 Å². The van der Waals surface area contributed by atoms with E-state index in [2.05, 4.69) is 14.7 Å². The van der Waals surface area contributed by atoms with E-state index in [0.717, 1.165) is 24.5 Å². The van der Waals surface area contributed by atoms with Crippen LogP contribution in [0.25, 0.3) is 0 Å². The lowest BCUT2D eigenvalue weighted by Gasteiger charge is -2.05. The molecule has 13 heteroatoms. The fourth-order valence-corrected chi connectivity index (χ4v) is 1.92. The molecule has 0 fully saturated rings. The average Bonchev–Trinajstić information content (AvgIpc) is 2.54. The van der Waals surface area contributed by atoms with Crippen LogP contribution in [0.15, 0.2) is 24.5 Å². The number of carbonyl (C=O) groups is 2. The Hall–Kier alpha value is -3.18. The van der Waals surface area contributed by atoms with Crippen LogP contribution in [0.2, 0.25) is 10.3 Å². The van der Waals surface area contributed by atoms with E-state index in [4.69, 9.17) is 23.2 Å². The molecule has 2 heterocycles. The second-order valence-electron chi connectivity index (χ2n) is 4.25. The molecule has 0 saturated heterocycles. The Morgan fingerprint density at radius 1 is 0.880 bits per heavy atom. The summed E-state index contributed by atoms with van der Waals surface area (Å²) in [7, 11) is 0. The van der Waals surface area contributed by atoms with Crippen molar-refractivity contribution >= 4 is 46.5 Å². The standard InChI is InChI=1S/C12H4Cl2N4O7/c13-9-7(1-5(3-15-9)17(21)22)11(19)25-12(20)8-2-6(18(23)24)4-16-10(8)14/h1-4H. The maximum Gasteiger partial charge on any atom is 0.349 e. The number of ether oxygens (including phenoxy) is 1. The third-order valence-electron chi connectivity index (χ3n) is 2.70. The first-order chi connectivity index (χ1) is 11.7. The number of hydrogen-bond donors (Lipinski definition) is 0. The number of esters is 2. The molecule has 25 heavy (non-hydrogen) atoms. The van der Waals surface area contributed by atoms with Gasteiger partial charge >= 0.3 is 11.9 Å². The number of aromatic nitrogens is 2. The van der Waals surface area contributed by atoms with Crippen molar-refractivity contribution in [1.29, 1.82) is 0 Å². The van der Waals surface area contributed by atoms with Crippen molar-refractivity contribution in [2.75, 3.05) is 0 Å². The Balaban J connectivity index is 2.31. The Labute approximate surface area is 147 Å². The van der Waals surface area contributed by atoms with E-state index < -0.39 is 54.6 Å². The molecule has 0 amide bonds. The van der Waals surface area contributed by atoms with Gasteiger partial charge in [-0.3, -0.25) is 20.2 Å². The molecular formula is C12H4Cl2N4O7. The average molecular weight is 387 g/mol. The summed E-state index contributed by atoms with van der Waals surface area (Å²) >= 11 is 11.3.